The first-order chi connectivity index (χ1) is 6.77. The van der Waals surface area contributed by atoms with Gasteiger partial charge in [-0.2, -0.15) is 9.98 Å². The van der Waals surface area contributed by atoms with E-state index in [1.807, 2.05) is 0 Å². The molecule has 1 saturated carbocycles. The van der Waals surface area contributed by atoms with E-state index in [9.17, 15) is 14.4 Å². The molecule has 0 aromatic heterocycles. The van der Waals surface area contributed by atoms with Crippen molar-refractivity contribution in [1.82, 2.24) is 0 Å². The summed E-state index contributed by atoms with van der Waals surface area (Å²) in [6.07, 6.45) is 4.26. The summed E-state index contributed by atoms with van der Waals surface area (Å²) < 4.78 is 0. The van der Waals surface area contributed by atoms with Crippen LogP contribution >= 0.6 is 0 Å². The summed E-state index contributed by atoms with van der Waals surface area (Å²) in [7, 11) is 0. The first-order valence-corrected chi connectivity index (χ1v) is 4.43. The molecule has 0 saturated heterocycles. The summed E-state index contributed by atoms with van der Waals surface area (Å²) in [5.41, 5.74) is 0. The van der Waals surface area contributed by atoms with Gasteiger partial charge in [0.05, 0.1) is 0 Å². The number of carbonyl (C=O) groups is 1. The molecule has 1 fully saturated rings. The highest BCUT2D eigenvalue weighted by atomic mass is 16.1. The van der Waals surface area contributed by atoms with Gasteiger partial charge in [-0.1, -0.05) is 0 Å². The van der Waals surface area contributed by atoms with Gasteiger partial charge >= 0.3 is 0 Å². The molecule has 0 aromatic rings. The lowest BCUT2D eigenvalue weighted by Crippen LogP contribution is -2.23. The molecule has 74 valence electrons. The maximum absolute atomic E-state index is 10.9. The second kappa shape index (κ2) is 5.22. The Kier molecular flexibility index (Phi) is 3.92. The van der Waals surface area contributed by atoms with Gasteiger partial charge in [-0.3, -0.25) is 4.79 Å². The Bertz CT molecular complexity index is 286. The molecule has 0 amide bonds. The number of carbonyl (C=O) groups excluding carboxylic acids is 3. The van der Waals surface area contributed by atoms with Crippen LogP contribution in [0.3, 0.4) is 0 Å². The first kappa shape index (κ1) is 10.5. The van der Waals surface area contributed by atoms with Gasteiger partial charge in [-0.15, -0.1) is 0 Å². The van der Waals surface area contributed by atoms with E-state index in [0.29, 0.717) is 25.7 Å². The SMILES string of the molecule is O=C=NC(N=C=O)C1CCC(=O)CC1. The Morgan fingerprint density at radius 1 is 1.14 bits per heavy atom. The summed E-state index contributed by atoms with van der Waals surface area (Å²) in [6, 6.07) is 0. The summed E-state index contributed by atoms with van der Waals surface area (Å²) in [4.78, 5) is 37.9. The van der Waals surface area contributed by atoms with E-state index in [1.165, 1.54) is 12.2 Å². The fraction of sp³-hybridized carbons (Fsp3) is 0.667. The van der Waals surface area contributed by atoms with Crippen molar-refractivity contribution in [1.29, 1.82) is 0 Å². The molecule has 14 heavy (non-hydrogen) atoms. The van der Waals surface area contributed by atoms with Crippen LogP contribution in [0.2, 0.25) is 0 Å². The average molecular weight is 194 g/mol. The van der Waals surface area contributed by atoms with Crippen molar-refractivity contribution in [3.05, 3.63) is 0 Å². The molecule has 1 aliphatic carbocycles. The number of isocyanates is 2. The molecule has 1 rings (SSSR count). The largest absolute Gasteiger partial charge is 0.300 e. The number of rotatable bonds is 3. The molecule has 0 spiro atoms. The van der Waals surface area contributed by atoms with Crippen LogP contribution in [0, 0.1) is 5.92 Å². The number of nitrogens with zero attached hydrogens (tertiary/aromatic N) is 2. The van der Waals surface area contributed by atoms with E-state index >= 15 is 0 Å². The predicted molar refractivity (Wildman–Crippen MR) is 47.0 cm³/mol. The molecule has 0 bridgehead atoms. The highest BCUT2D eigenvalue weighted by Crippen LogP contribution is 2.26. The normalized spacial score (nSPS) is 19.3. The lowest BCUT2D eigenvalue weighted by molar-refractivity contribution is -0.121. The van der Waals surface area contributed by atoms with Crippen molar-refractivity contribution in [2.75, 3.05) is 0 Å². The molecule has 0 aliphatic heterocycles. The van der Waals surface area contributed by atoms with E-state index in [0.717, 1.165) is 0 Å². The Hall–Kier alpha value is -1.57. The van der Waals surface area contributed by atoms with E-state index in [1.54, 1.807) is 0 Å². The Balaban J connectivity index is 2.64. The van der Waals surface area contributed by atoms with Crippen molar-refractivity contribution in [3.63, 3.8) is 0 Å². The average Bonchev–Trinajstić information content (AvgIpc) is 2.19. The second-order valence-electron chi connectivity index (χ2n) is 3.23. The number of ketones is 1. The molecule has 5 heteroatoms. The number of hydrogen-bond acceptors (Lipinski definition) is 5. The number of Topliss-reactive ketones (excluding diaryl/α,β-unsaturated/α-hetero) is 1. The molecule has 0 unspecified atom stereocenters. The minimum absolute atomic E-state index is 0.00407. The maximum Gasteiger partial charge on any atom is 0.237 e. The summed E-state index contributed by atoms with van der Waals surface area (Å²) in [6.45, 7) is 0. The van der Waals surface area contributed by atoms with Gasteiger partial charge in [-0.25, -0.2) is 9.59 Å². The molecule has 5 nitrogen and oxygen atoms in total. The van der Waals surface area contributed by atoms with Crippen LogP contribution in [0.5, 0.6) is 0 Å². The number of hydrogen-bond donors (Lipinski definition) is 0. The predicted octanol–water partition coefficient (Wildman–Crippen LogP) is 0.743. The van der Waals surface area contributed by atoms with Crippen LogP contribution in [0.1, 0.15) is 25.7 Å². The Morgan fingerprint density at radius 3 is 2.07 bits per heavy atom. The van der Waals surface area contributed by atoms with Crippen LogP contribution in [-0.2, 0) is 14.4 Å². The molecule has 0 N–H and O–H groups in total. The molecule has 0 heterocycles. The third-order valence-electron chi connectivity index (χ3n) is 2.38. The van der Waals surface area contributed by atoms with Gasteiger partial charge in [0.15, 0.2) is 6.17 Å². The quantitative estimate of drug-likeness (QED) is 0.491. The summed E-state index contributed by atoms with van der Waals surface area (Å²) in [5, 5.41) is 0. The first-order valence-electron chi connectivity index (χ1n) is 4.43. The zero-order valence-corrected chi connectivity index (χ0v) is 7.60. The third kappa shape index (κ3) is 2.73. The van der Waals surface area contributed by atoms with Gasteiger partial charge in [0.2, 0.25) is 12.2 Å². The van der Waals surface area contributed by atoms with Crippen LogP contribution in [0.15, 0.2) is 9.98 Å². The van der Waals surface area contributed by atoms with Crippen molar-refractivity contribution in [2.45, 2.75) is 31.8 Å². The highest BCUT2D eigenvalue weighted by Gasteiger charge is 2.25. The van der Waals surface area contributed by atoms with Gasteiger partial charge < -0.3 is 0 Å². The Labute approximate surface area is 80.9 Å². The summed E-state index contributed by atoms with van der Waals surface area (Å²) >= 11 is 0. The van der Waals surface area contributed by atoms with Crippen LogP contribution in [0.25, 0.3) is 0 Å². The fourth-order valence-electron chi connectivity index (χ4n) is 1.61. The second-order valence-corrected chi connectivity index (χ2v) is 3.23. The van der Waals surface area contributed by atoms with Gasteiger partial charge in [0, 0.05) is 18.8 Å². The molecular weight excluding hydrogens is 184 g/mol. The van der Waals surface area contributed by atoms with Crippen molar-refractivity contribution in [2.24, 2.45) is 15.9 Å². The maximum atomic E-state index is 10.9. The van der Waals surface area contributed by atoms with Gasteiger partial charge in [-0.05, 0) is 12.8 Å². The lowest BCUT2D eigenvalue weighted by atomic mass is 9.86. The minimum Gasteiger partial charge on any atom is -0.300 e. The van der Waals surface area contributed by atoms with Gasteiger partial charge in [0.25, 0.3) is 0 Å². The monoisotopic (exact) mass is 194 g/mol. The van der Waals surface area contributed by atoms with Crippen molar-refractivity contribution in [3.8, 4) is 0 Å². The molecule has 0 atom stereocenters. The van der Waals surface area contributed by atoms with Crippen LogP contribution in [0.4, 0.5) is 0 Å². The Morgan fingerprint density at radius 2 is 1.64 bits per heavy atom. The minimum atomic E-state index is -0.696. The lowest BCUT2D eigenvalue weighted by Gasteiger charge is -2.22. The van der Waals surface area contributed by atoms with Crippen LogP contribution < -0.4 is 0 Å². The van der Waals surface area contributed by atoms with E-state index in [2.05, 4.69) is 9.98 Å². The highest BCUT2D eigenvalue weighted by molar-refractivity contribution is 5.79. The third-order valence-corrected chi connectivity index (χ3v) is 2.38. The molecular formula is C9H10N2O3. The smallest absolute Gasteiger partial charge is 0.237 e. The van der Waals surface area contributed by atoms with Crippen LogP contribution in [-0.4, -0.2) is 24.1 Å². The fourth-order valence-corrected chi connectivity index (χ4v) is 1.61. The van der Waals surface area contributed by atoms with E-state index in [-0.39, 0.29) is 11.7 Å². The zero-order chi connectivity index (χ0) is 10.4. The molecule has 1 aliphatic rings. The van der Waals surface area contributed by atoms with Gasteiger partial charge in [0.1, 0.15) is 5.78 Å². The summed E-state index contributed by atoms with van der Waals surface area (Å²) in [5.74, 6) is 0.209. The topological polar surface area (TPSA) is 75.9 Å². The zero-order valence-electron chi connectivity index (χ0n) is 7.60. The standard InChI is InChI=1S/C9H10N2O3/c12-5-10-9(11-6-13)7-1-3-8(14)4-2-7/h7,9H,1-4H2. The van der Waals surface area contributed by atoms with Crippen molar-refractivity contribution >= 4 is 17.9 Å². The van der Waals surface area contributed by atoms with Crippen molar-refractivity contribution < 1.29 is 14.4 Å². The van der Waals surface area contributed by atoms with E-state index < -0.39 is 6.17 Å². The molecule has 0 radical (unpaired) electrons. The number of aliphatic imine (C=N–C) groups is 2. The molecule has 0 aromatic carbocycles. The van der Waals surface area contributed by atoms with E-state index in [4.69, 9.17) is 0 Å².